The highest BCUT2D eigenvalue weighted by Gasteiger charge is 2.29. The molecule has 0 aliphatic heterocycles. The third-order valence-corrected chi connectivity index (χ3v) is 5.81. The van der Waals surface area contributed by atoms with Crippen LogP contribution in [0.25, 0.3) is 0 Å². The van der Waals surface area contributed by atoms with Crippen molar-refractivity contribution in [3.63, 3.8) is 0 Å². The van der Waals surface area contributed by atoms with E-state index in [1.807, 2.05) is 0 Å². The fourth-order valence-corrected chi connectivity index (χ4v) is 4.13. The topological polar surface area (TPSA) is 110 Å². The predicted octanol–water partition coefficient (Wildman–Crippen LogP) is 1.46. The van der Waals surface area contributed by atoms with Crippen LogP contribution < -0.4 is 4.72 Å². The summed E-state index contributed by atoms with van der Waals surface area (Å²) in [5.41, 5.74) is 0.0489. The number of methoxy groups -OCH3 is 1. The summed E-state index contributed by atoms with van der Waals surface area (Å²) in [6.07, 6.45) is 1.34. The Morgan fingerprint density at radius 3 is 2.44 bits per heavy atom. The normalized spacial score (nSPS) is 20.9. The maximum absolute atomic E-state index is 14.0. The molecule has 7 nitrogen and oxygen atoms in total. The van der Waals surface area contributed by atoms with Gasteiger partial charge in [-0.3, -0.25) is 9.59 Å². The monoisotopic (exact) mass is 373 g/mol. The summed E-state index contributed by atoms with van der Waals surface area (Å²) in [5.74, 6) is -2.74. The zero-order valence-corrected chi connectivity index (χ0v) is 14.5. The Balaban J connectivity index is 2.06. The number of ether oxygens (including phenoxy) is 1. The summed E-state index contributed by atoms with van der Waals surface area (Å²) in [6, 6.07) is 2.96. The Morgan fingerprint density at radius 2 is 1.92 bits per heavy atom. The molecular weight excluding hydrogens is 353 g/mol. The van der Waals surface area contributed by atoms with Gasteiger partial charge in [0.25, 0.3) is 0 Å². The molecule has 1 saturated carbocycles. The number of hydrogen-bond acceptors (Lipinski definition) is 5. The van der Waals surface area contributed by atoms with Crippen LogP contribution in [0.5, 0.6) is 0 Å². The Labute approximate surface area is 145 Å². The van der Waals surface area contributed by atoms with E-state index in [1.165, 1.54) is 19.2 Å². The van der Waals surface area contributed by atoms with Gasteiger partial charge in [0.15, 0.2) is 0 Å². The van der Waals surface area contributed by atoms with Crippen molar-refractivity contribution in [3.8, 4) is 0 Å². The molecule has 0 spiro atoms. The first-order valence-corrected chi connectivity index (χ1v) is 9.31. The van der Waals surface area contributed by atoms with E-state index in [4.69, 9.17) is 5.11 Å². The number of hydrogen-bond donors (Lipinski definition) is 2. The van der Waals surface area contributed by atoms with Gasteiger partial charge in [-0.15, -0.1) is 0 Å². The second kappa shape index (κ2) is 7.92. The SMILES string of the molecule is COC(=O)Cc1ccc(S(=O)(=O)NC2CCC(C(=O)O)CC2)cc1F. The molecule has 1 aromatic carbocycles. The lowest BCUT2D eigenvalue weighted by Crippen LogP contribution is -2.38. The second-order valence-corrected chi connectivity index (χ2v) is 7.73. The lowest BCUT2D eigenvalue weighted by molar-refractivity contribution is -0.143. The number of carboxylic acid groups (broad SMARTS) is 1. The van der Waals surface area contributed by atoms with Crippen molar-refractivity contribution in [1.29, 1.82) is 0 Å². The minimum Gasteiger partial charge on any atom is -0.481 e. The maximum atomic E-state index is 14.0. The van der Waals surface area contributed by atoms with E-state index < -0.39 is 33.7 Å². The van der Waals surface area contributed by atoms with Crippen molar-refractivity contribution in [1.82, 2.24) is 4.72 Å². The van der Waals surface area contributed by atoms with Gasteiger partial charge in [0.1, 0.15) is 5.82 Å². The van der Waals surface area contributed by atoms with Gasteiger partial charge in [-0.05, 0) is 43.4 Å². The van der Waals surface area contributed by atoms with Crippen molar-refractivity contribution >= 4 is 22.0 Å². The van der Waals surface area contributed by atoms with Crippen molar-refractivity contribution in [3.05, 3.63) is 29.6 Å². The van der Waals surface area contributed by atoms with Gasteiger partial charge < -0.3 is 9.84 Å². The van der Waals surface area contributed by atoms with Gasteiger partial charge in [0, 0.05) is 6.04 Å². The number of benzene rings is 1. The number of aliphatic carboxylic acids is 1. The van der Waals surface area contributed by atoms with E-state index in [9.17, 15) is 22.4 Å². The standard InChI is InChI=1S/C16H20FNO6S/c1-24-15(19)8-11-4-7-13(9-14(11)17)25(22,23)18-12-5-2-10(3-6-12)16(20)21/h4,7,9-10,12,18H,2-3,5-6,8H2,1H3,(H,20,21). The van der Waals surface area contributed by atoms with Gasteiger partial charge in [0.2, 0.25) is 10.0 Å². The highest BCUT2D eigenvalue weighted by Crippen LogP contribution is 2.26. The Hall–Kier alpha value is -2.00. The Morgan fingerprint density at radius 1 is 1.28 bits per heavy atom. The van der Waals surface area contributed by atoms with Crippen LogP contribution in [0.3, 0.4) is 0 Å². The largest absolute Gasteiger partial charge is 0.481 e. The number of rotatable bonds is 6. The molecule has 0 amide bonds. The number of carbonyl (C=O) groups is 2. The molecule has 0 aromatic heterocycles. The molecule has 0 atom stereocenters. The Kier molecular flexibility index (Phi) is 6.12. The van der Waals surface area contributed by atoms with Gasteiger partial charge in [0.05, 0.1) is 24.3 Å². The summed E-state index contributed by atoms with van der Waals surface area (Å²) < 4.78 is 45.7. The zero-order valence-electron chi connectivity index (χ0n) is 13.7. The van der Waals surface area contributed by atoms with E-state index in [2.05, 4.69) is 9.46 Å². The van der Waals surface area contributed by atoms with E-state index in [-0.39, 0.29) is 22.9 Å². The van der Waals surface area contributed by atoms with Gasteiger partial charge in [-0.25, -0.2) is 17.5 Å². The van der Waals surface area contributed by atoms with Crippen LogP contribution in [0.15, 0.2) is 23.1 Å². The molecule has 1 fully saturated rings. The van der Waals surface area contributed by atoms with E-state index >= 15 is 0 Å². The molecule has 2 N–H and O–H groups in total. The van der Waals surface area contributed by atoms with Crippen LogP contribution in [0.4, 0.5) is 4.39 Å². The minimum absolute atomic E-state index is 0.0489. The number of carbonyl (C=O) groups excluding carboxylic acids is 1. The number of halogens is 1. The maximum Gasteiger partial charge on any atom is 0.310 e. The summed E-state index contributed by atoms with van der Waals surface area (Å²) in [4.78, 5) is 21.9. The van der Waals surface area contributed by atoms with Crippen LogP contribution >= 0.6 is 0 Å². The summed E-state index contributed by atoms with van der Waals surface area (Å²) in [7, 11) is -2.74. The van der Waals surface area contributed by atoms with Crippen molar-refractivity contribution in [2.24, 2.45) is 5.92 Å². The average Bonchev–Trinajstić information content (AvgIpc) is 2.56. The smallest absolute Gasteiger partial charge is 0.310 e. The van der Waals surface area contributed by atoms with Crippen LogP contribution in [-0.2, 0) is 30.8 Å². The molecule has 25 heavy (non-hydrogen) atoms. The molecule has 0 radical (unpaired) electrons. The lowest BCUT2D eigenvalue weighted by Gasteiger charge is -2.26. The highest BCUT2D eigenvalue weighted by atomic mass is 32.2. The second-order valence-electron chi connectivity index (χ2n) is 6.01. The number of esters is 1. The summed E-state index contributed by atoms with van der Waals surface area (Å²) >= 11 is 0. The molecular formula is C16H20FNO6S. The Bertz CT molecular complexity index is 756. The summed E-state index contributed by atoms with van der Waals surface area (Å²) in [5, 5.41) is 8.96. The molecule has 2 rings (SSSR count). The number of sulfonamides is 1. The van der Waals surface area contributed by atoms with Crippen molar-refractivity contribution < 1.29 is 32.2 Å². The van der Waals surface area contributed by atoms with Gasteiger partial charge in [-0.1, -0.05) is 6.07 Å². The number of carboxylic acids is 1. The predicted molar refractivity (Wildman–Crippen MR) is 85.8 cm³/mol. The molecule has 1 aromatic rings. The molecule has 1 aliphatic carbocycles. The van der Waals surface area contributed by atoms with E-state index in [1.54, 1.807) is 0 Å². The minimum atomic E-state index is -3.92. The third-order valence-electron chi connectivity index (χ3n) is 4.30. The first-order chi connectivity index (χ1) is 11.7. The van der Waals surface area contributed by atoms with Crippen molar-refractivity contribution in [2.45, 2.75) is 43.0 Å². The number of nitrogens with one attached hydrogen (secondary N) is 1. The van der Waals surface area contributed by atoms with Gasteiger partial charge in [-0.2, -0.15) is 0 Å². The molecule has 1 aliphatic rings. The average molecular weight is 373 g/mol. The molecule has 0 heterocycles. The molecule has 138 valence electrons. The van der Waals surface area contributed by atoms with Gasteiger partial charge >= 0.3 is 11.9 Å². The highest BCUT2D eigenvalue weighted by molar-refractivity contribution is 7.89. The fraction of sp³-hybridized carbons (Fsp3) is 0.500. The van der Waals surface area contributed by atoms with E-state index in [0.717, 1.165) is 6.07 Å². The lowest BCUT2D eigenvalue weighted by atomic mass is 9.87. The van der Waals surface area contributed by atoms with Crippen LogP contribution in [0, 0.1) is 11.7 Å². The molecule has 0 unspecified atom stereocenters. The first-order valence-electron chi connectivity index (χ1n) is 7.83. The molecule has 0 saturated heterocycles. The van der Waals surface area contributed by atoms with Crippen LogP contribution in [0.1, 0.15) is 31.2 Å². The summed E-state index contributed by atoms with van der Waals surface area (Å²) in [6.45, 7) is 0. The first kappa shape index (κ1) is 19.3. The fourth-order valence-electron chi connectivity index (χ4n) is 2.81. The van der Waals surface area contributed by atoms with E-state index in [0.29, 0.717) is 25.7 Å². The third kappa shape index (κ3) is 4.99. The molecule has 0 bridgehead atoms. The van der Waals surface area contributed by atoms with Crippen LogP contribution in [0.2, 0.25) is 0 Å². The quantitative estimate of drug-likeness (QED) is 0.731. The zero-order chi connectivity index (χ0) is 18.6. The van der Waals surface area contributed by atoms with Crippen LogP contribution in [-0.4, -0.2) is 38.6 Å². The van der Waals surface area contributed by atoms with Crippen molar-refractivity contribution in [2.75, 3.05) is 7.11 Å². The molecule has 9 heteroatoms.